The van der Waals surface area contributed by atoms with Crippen molar-refractivity contribution in [1.29, 1.82) is 0 Å². The molecular formula is C13H25NO4Si. The van der Waals surface area contributed by atoms with E-state index in [-0.39, 0.29) is 29.6 Å². The molecule has 0 aromatic heterocycles. The molecule has 0 spiro atoms. The zero-order valence-corrected chi connectivity index (χ0v) is 13.4. The molecule has 2 rings (SSSR count). The third-order valence-corrected chi connectivity index (χ3v) is 9.32. The van der Waals surface area contributed by atoms with Crippen LogP contribution in [0.2, 0.25) is 18.1 Å². The lowest BCUT2D eigenvalue weighted by atomic mass is 10.1. The maximum Gasteiger partial charge on any atom is 0.225 e. The third kappa shape index (κ3) is 2.46. The van der Waals surface area contributed by atoms with Crippen molar-refractivity contribution in [2.75, 3.05) is 6.54 Å². The third-order valence-electron chi connectivity index (χ3n) is 4.82. The lowest BCUT2D eigenvalue weighted by Crippen LogP contribution is -2.49. The molecule has 1 amide bonds. The lowest BCUT2D eigenvalue weighted by molar-refractivity contribution is -0.128. The van der Waals surface area contributed by atoms with Crippen molar-refractivity contribution < 1.29 is 19.4 Å². The minimum Gasteiger partial charge on any atom is -0.411 e. The summed E-state index contributed by atoms with van der Waals surface area (Å²) in [5.41, 5.74) is 0. The fraction of sp³-hybridized carbons (Fsp3) is 0.923. The van der Waals surface area contributed by atoms with Crippen LogP contribution < -0.4 is 0 Å². The van der Waals surface area contributed by atoms with Crippen LogP contribution in [-0.4, -0.2) is 60.2 Å². The van der Waals surface area contributed by atoms with Crippen molar-refractivity contribution in [2.24, 2.45) is 0 Å². The highest BCUT2D eigenvalue weighted by atomic mass is 28.4. The molecule has 2 saturated heterocycles. The molecular weight excluding hydrogens is 262 g/mol. The van der Waals surface area contributed by atoms with Crippen LogP contribution >= 0.6 is 0 Å². The first-order valence-corrected chi connectivity index (χ1v) is 9.79. The first-order chi connectivity index (χ1) is 8.54. The predicted octanol–water partition coefficient (Wildman–Crippen LogP) is 0.713. The van der Waals surface area contributed by atoms with Crippen LogP contribution in [-0.2, 0) is 9.22 Å². The molecule has 2 heterocycles. The second kappa shape index (κ2) is 4.55. The van der Waals surface area contributed by atoms with Gasteiger partial charge in [-0.1, -0.05) is 20.8 Å². The number of carbonyl (C=O) groups excluding carboxylic acids is 1. The smallest absolute Gasteiger partial charge is 0.225 e. The topological polar surface area (TPSA) is 70.0 Å². The van der Waals surface area contributed by atoms with Gasteiger partial charge in [0.2, 0.25) is 5.91 Å². The van der Waals surface area contributed by atoms with Crippen LogP contribution in [0.5, 0.6) is 0 Å². The Kier molecular flexibility index (Phi) is 3.58. The van der Waals surface area contributed by atoms with Gasteiger partial charge in [0.15, 0.2) is 8.32 Å². The summed E-state index contributed by atoms with van der Waals surface area (Å²) >= 11 is 0. The van der Waals surface area contributed by atoms with Crippen LogP contribution in [0.15, 0.2) is 0 Å². The van der Waals surface area contributed by atoms with Gasteiger partial charge in [0.25, 0.3) is 0 Å². The van der Waals surface area contributed by atoms with E-state index in [2.05, 4.69) is 33.9 Å². The average molecular weight is 287 g/mol. The predicted molar refractivity (Wildman–Crippen MR) is 74.2 cm³/mol. The summed E-state index contributed by atoms with van der Waals surface area (Å²) in [6.07, 6.45) is -1.71. The van der Waals surface area contributed by atoms with Gasteiger partial charge in [0.05, 0.1) is 24.7 Å². The van der Waals surface area contributed by atoms with Crippen LogP contribution in [0.25, 0.3) is 0 Å². The summed E-state index contributed by atoms with van der Waals surface area (Å²) < 4.78 is 6.27. The SMILES string of the molecule is CC(C)(C)[Si](C)(C)OC1CC(=O)N2CC(O)C(O)C12. The van der Waals surface area contributed by atoms with Gasteiger partial charge < -0.3 is 19.5 Å². The van der Waals surface area contributed by atoms with E-state index in [1.807, 2.05) is 0 Å². The molecule has 2 aliphatic heterocycles. The van der Waals surface area contributed by atoms with Crippen LogP contribution in [0.3, 0.4) is 0 Å². The number of hydrogen-bond acceptors (Lipinski definition) is 4. The molecule has 19 heavy (non-hydrogen) atoms. The Morgan fingerprint density at radius 2 is 1.89 bits per heavy atom. The molecule has 2 aliphatic rings. The van der Waals surface area contributed by atoms with Gasteiger partial charge >= 0.3 is 0 Å². The fourth-order valence-corrected chi connectivity index (χ4v) is 3.94. The first-order valence-electron chi connectivity index (χ1n) is 6.88. The Bertz CT molecular complexity index is 379. The Balaban J connectivity index is 2.16. The maximum atomic E-state index is 11.9. The summed E-state index contributed by atoms with van der Waals surface area (Å²) in [6, 6.07) is -0.378. The number of aliphatic hydroxyl groups is 2. The molecule has 4 atom stereocenters. The molecule has 2 N–H and O–H groups in total. The molecule has 0 radical (unpaired) electrons. The highest BCUT2D eigenvalue weighted by molar-refractivity contribution is 6.74. The van der Waals surface area contributed by atoms with Gasteiger partial charge in [0, 0.05) is 6.54 Å². The molecule has 110 valence electrons. The van der Waals surface area contributed by atoms with Gasteiger partial charge in [-0.2, -0.15) is 0 Å². The standard InChI is InChI=1S/C13H25NO4Si/c1-13(2,3)19(4,5)18-9-6-10(16)14-7-8(15)12(17)11(9)14/h8-9,11-12,15,17H,6-7H2,1-5H3. The monoisotopic (exact) mass is 287 g/mol. The van der Waals surface area contributed by atoms with E-state index in [4.69, 9.17) is 4.43 Å². The molecule has 4 unspecified atom stereocenters. The Morgan fingerprint density at radius 3 is 2.42 bits per heavy atom. The highest BCUT2D eigenvalue weighted by Gasteiger charge is 2.54. The Hall–Kier alpha value is -0.433. The van der Waals surface area contributed by atoms with E-state index in [0.717, 1.165) is 0 Å². The van der Waals surface area contributed by atoms with E-state index in [0.29, 0.717) is 6.42 Å². The first kappa shape index (κ1) is 15.0. The quantitative estimate of drug-likeness (QED) is 0.734. The summed E-state index contributed by atoms with van der Waals surface area (Å²) in [5, 5.41) is 19.8. The second-order valence-electron chi connectivity index (χ2n) is 7.22. The Morgan fingerprint density at radius 1 is 1.32 bits per heavy atom. The summed E-state index contributed by atoms with van der Waals surface area (Å²) in [7, 11) is -1.98. The van der Waals surface area contributed by atoms with Gasteiger partial charge in [-0.15, -0.1) is 0 Å². The molecule has 0 aromatic carbocycles. The van der Waals surface area contributed by atoms with Crippen molar-refractivity contribution >= 4 is 14.2 Å². The maximum absolute atomic E-state index is 11.9. The van der Waals surface area contributed by atoms with E-state index < -0.39 is 20.5 Å². The number of carbonyl (C=O) groups is 1. The number of rotatable bonds is 2. The molecule has 0 bridgehead atoms. The van der Waals surface area contributed by atoms with Gasteiger partial charge in [-0.05, 0) is 18.1 Å². The normalized spacial score (nSPS) is 35.9. The lowest BCUT2D eigenvalue weighted by Gasteiger charge is -2.39. The number of amides is 1. The second-order valence-corrected chi connectivity index (χ2v) is 12.0. The summed E-state index contributed by atoms with van der Waals surface area (Å²) in [6.45, 7) is 10.9. The zero-order chi connectivity index (χ0) is 14.6. The number of fused-ring (bicyclic) bond motifs is 1. The number of nitrogens with zero attached hydrogens (tertiary/aromatic N) is 1. The molecule has 0 saturated carbocycles. The van der Waals surface area contributed by atoms with Crippen molar-refractivity contribution in [3.8, 4) is 0 Å². The van der Waals surface area contributed by atoms with Gasteiger partial charge in [-0.3, -0.25) is 4.79 Å². The summed E-state index contributed by atoms with van der Waals surface area (Å²) in [4.78, 5) is 13.5. The van der Waals surface area contributed by atoms with Crippen molar-refractivity contribution in [2.45, 2.75) is 69.7 Å². The van der Waals surface area contributed by atoms with E-state index in [9.17, 15) is 15.0 Å². The molecule has 5 nitrogen and oxygen atoms in total. The summed E-state index contributed by atoms with van der Waals surface area (Å²) in [5.74, 6) is -0.0238. The largest absolute Gasteiger partial charge is 0.411 e. The number of aliphatic hydroxyl groups excluding tert-OH is 2. The van der Waals surface area contributed by atoms with Gasteiger partial charge in [0.1, 0.15) is 6.10 Å². The molecule has 6 heteroatoms. The van der Waals surface area contributed by atoms with Gasteiger partial charge in [-0.25, -0.2) is 0 Å². The van der Waals surface area contributed by atoms with Crippen molar-refractivity contribution in [3.05, 3.63) is 0 Å². The van der Waals surface area contributed by atoms with Crippen molar-refractivity contribution in [3.63, 3.8) is 0 Å². The molecule has 0 aliphatic carbocycles. The highest BCUT2D eigenvalue weighted by Crippen LogP contribution is 2.41. The molecule has 2 fully saturated rings. The van der Waals surface area contributed by atoms with Crippen molar-refractivity contribution in [1.82, 2.24) is 4.90 Å². The molecule has 0 aromatic rings. The van der Waals surface area contributed by atoms with Crippen LogP contribution in [0, 0.1) is 0 Å². The minimum atomic E-state index is -1.98. The Labute approximate surface area is 115 Å². The van der Waals surface area contributed by atoms with E-state index in [1.165, 1.54) is 0 Å². The zero-order valence-electron chi connectivity index (χ0n) is 12.4. The number of hydrogen-bond donors (Lipinski definition) is 2. The minimum absolute atomic E-state index is 0.0238. The van der Waals surface area contributed by atoms with Crippen LogP contribution in [0.1, 0.15) is 27.2 Å². The fourth-order valence-electron chi connectivity index (χ4n) is 2.61. The van der Waals surface area contributed by atoms with Crippen LogP contribution in [0.4, 0.5) is 0 Å². The average Bonchev–Trinajstić information content (AvgIpc) is 2.67. The van der Waals surface area contributed by atoms with E-state index in [1.54, 1.807) is 4.90 Å². The van der Waals surface area contributed by atoms with E-state index >= 15 is 0 Å².